The van der Waals surface area contributed by atoms with Gasteiger partial charge in [0.15, 0.2) is 11.5 Å². The minimum Gasteiger partial charge on any atom is -0.493 e. The lowest BCUT2D eigenvalue weighted by Crippen LogP contribution is -2.31. The highest BCUT2D eigenvalue weighted by atomic mass is 32.2. The van der Waals surface area contributed by atoms with Crippen LogP contribution in [0.5, 0.6) is 17.4 Å². The lowest BCUT2D eigenvalue weighted by Gasteiger charge is -2.18. The molecule has 0 radical (unpaired) electrons. The molecule has 1 aromatic carbocycles. The fraction of sp³-hybridized carbons (Fsp3) is 0.353. The molecule has 0 amide bonds. The fourth-order valence-electron chi connectivity index (χ4n) is 2.78. The van der Waals surface area contributed by atoms with Crippen LogP contribution in [0.2, 0.25) is 0 Å². The van der Waals surface area contributed by atoms with E-state index in [0.29, 0.717) is 24.5 Å². The summed E-state index contributed by atoms with van der Waals surface area (Å²) in [5.74, 6) is 0.893. The van der Waals surface area contributed by atoms with Crippen molar-refractivity contribution in [2.24, 2.45) is 0 Å². The molecule has 3 rings (SSSR count). The molecule has 142 valence electrons. The zero-order chi connectivity index (χ0) is 19.4. The van der Waals surface area contributed by atoms with Crippen LogP contribution >= 0.6 is 0 Å². The van der Waals surface area contributed by atoms with E-state index in [4.69, 9.17) is 19.5 Å². The summed E-state index contributed by atoms with van der Waals surface area (Å²) in [6.45, 7) is 0.446. The molecule has 0 aliphatic carbocycles. The summed E-state index contributed by atoms with van der Waals surface area (Å²) in [4.78, 5) is 7.99. The molecule has 1 saturated heterocycles. The van der Waals surface area contributed by atoms with Crippen molar-refractivity contribution in [3.8, 4) is 23.4 Å². The summed E-state index contributed by atoms with van der Waals surface area (Å²) in [7, 11) is -0.792. The Morgan fingerprint density at radius 2 is 1.93 bits per heavy atom. The number of hydrogen-bond donors (Lipinski definition) is 0. The van der Waals surface area contributed by atoms with E-state index < -0.39 is 16.1 Å². The first-order chi connectivity index (χ1) is 13.0. The van der Waals surface area contributed by atoms with Gasteiger partial charge < -0.3 is 14.2 Å². The van der Waals surface area contributed by atoms with Crippen molar-refractivity contribution < 1.29 is 22.6 Å². The van der Waals surface area contributed by atoms with Crippen molar-refractivity contribution in [1.82, 2.24) is 14.3 Å². The first-order valence-corrected chi connectivity index (χ1v) is 9.53. The second-order valence-electron chi connectivity index (χ2n) is 5.73. The minimum absolute atomic E-state index is 0.0682. The van der Waals surface area contributed by atoms with Crippen molar-refractivity contribution >= 4 is 10.0 Å². The van der Waals surface area contributed by atoms with Crippen LogP contribution in [-0.2, 0) is 10.0 Å². The summed E-state index contributed by atoms with van der Waals surface area (Å²) >= 11 is 0. The molecule has 1 atom stereocenters. The van der Waals surface area contributed by atoms with E-state index in [1.54, 1.807) is 6.07 Å². The van der Waals surface area contributed by atoms with Crippen LogP contribution in [-0.4, -0.2) is 56.1 Å². The highest BCUT2D eigenvalue weighted by Gasteiger charge is 2.34. The van der Waals surface area contributed by atoms with Crippen molar-refractivity contribution in [1.29, 1.82) is 5.26 Å². The molecule has 0 saturated carbocycles. The Labute approximate surface area is 157 Å². The van der Waals surface area contributed by atoms with Crippen LogP contribution < -0.4 is 14.2 Å². The number of ether oxygens (including phenoxy) is 3. The number of methoxy groups -OCH3 is 2. The van der Waals surface area contributed by atoms with Gasteiger partial charge in [-0.3, -0.25) is 0 Å². The maximum atomic E-state index is 12.9. The Hall–Kier alpha value is -2.90. The highest BCUT2D eigenvalue weighted by molar-refractivity contribution is 7.89. The van der Waals surface area contributed by atoms with Crippen molar-refractivity contribution in [2.75, 3.05) is 27.3 Å². The molecule has 0 N–H and O–H groups in total. The van der Waals surface area contributed by atoms with Crippen molar-refractivity contribution in [3.63, 3.8) is 0 Å². The molecular weight excluding hydrogens is 372 g/mol. The van der Waals surface area contributed by atoms with Crippen molar-refractivity contribution in [2.45, 2.75) is 17.4 Å². The van der Waals surface area contributed by atoms with Crippen LogP contribution in [0.4, 0.5) is 0 Å². The number of nitrogens with zero attached hydrogens (tertiary/aromatic N) is 4. The molecule has 9 nitrogen and oxygen atoms in total. The standard InChI is InChI=1S/C17H18N4O5S/c1-24-15-4-3-13(9-16(15)25-2)27(22,23)21-8-5-12(11-21)26-17-14(10-18)19-6-7-20-17/h3-4,6-7,9,12H,5,8,11H2,1-2H3. The Balaban J connectivity index is 1.77. The maximum absolute atomic E-state index is 12.9. The molecule has 0 bridgehead atoms. The van der Waals surface area contributed by atoms with E-state index in [0.717, 1.165) is 0 Å². The number of nitriles is 1. The predicted molar refractivity (Wildman–Crippen MR) is 94.1 cm³/mol. The van der Waals surface area contributed by atoms with Gasteiger partial charge in [-0.2, -0.15) is 9.57 Å². The number of rotatable bonds is 6. The Kier molecular flexibility index (Phi) is 5.43. The third-order valence-electron chi connectivity index (χ3n) is 4.15. The second kappa shape index (κ2) is 7.77. The van der Waals surface area contributed by atoms with Crippen LogP contribution in [0.15, 0.2) is 35.5 Å². The van der Waals surface area contributed by atoms with Crippen LogP contribution in [0.3, 0.4) is 0 Å². The summed E-state index contributed by atoms with van der Waals surface area (Å²) in [6.07, 6.45) is 2.88. The molecule has 2 aromatic rings. The van der Waals surface area contributed by atoms with Gasteiger partial charge in [0.1, 0.15) is 12.2 Å². The monoisotopic (exact) mass is 390 g/mol. The van der Waals surface area contributed by atoms with E-state index in [9.17, 15) is 8.42 Å². The first-order valence-electron chi connectivity index (χ1n) is 8.09. The zero-order valence-corrected chi connectivity index (χ0v) is 15.6. The van der Waals surface area contributed by atoms with Gasteiger partial charge in [0.05, 0.1) is 25.7 Å². The maximum Gasteiger partial charge on any atom is 0.251 e. The second-order valence-corrected chi connectivity index (χ2v) is 7.67. The third-order valence-corrected chi connectivity index (χ3v) is 6.01. The molecule has 1 unspecified atom stereocenters. The Morgan fingerprint density at radius 3 is 2.63 bits per heavy atom. The van der Waals surface area contributed by atoms with Crippen LogP contribution in [0, 0.1) is 11.3 Å². The topological polar surface area (TPSA) is 115 Å². The van der Waals surface area contributed by atoms with Crippen LogP contribution in [0.1, 0.15) is 12.1 Å². The van der Waals surface area contributed by atoms with Gasteiger partial charge in [0.25, 0.3) is 5.88 Å². The van der Waals surface area contributed by atoms with Crippen molar-refractivity contribution in [3.05, 3.63) is 36.3 Å². The molecule has 1 aliphatic heterocycles. The molecule has 1 fully saturated rings. The predicted octanol–water partition coefficient (Wildman–Crippen LogP) is 1.21. The number of aromatic nitrogens is 2. The number of sulfonamides is 1. The Bertz CT molecular complexity index is 974. The van der Waals surface area contributed by atoms with E-state index in [1.165, 1.54) is 43.1 Å². The summed E-state index contributed by atoms with van der Waals surface area (Å²) in [6, 6.07) is 6.36. The van der Waals surface area contributed by atoms with Gasteiger partial charge in [-0.15, -0.1) is 0 Å². The summed E-state index contributed by atoms with van der Waals surface area (Å²) in [5, 5.41) is 9.05. The van der Waals surface area contributed by atoms with Crippen LogP contribution in [0.25, 0.3) is 0 Å². The van der Waals surface area contributed by atoms with Gasteiger partial charge in [-0.25, -0.2) is 18.4 Å². The zero-order valence-electron chi connectivity index (χ0n) is 14.8. The van der Waals surface area contributed by atoms with E-state index >= 15 is 0 Å². The van der Waals surface area contributed by atoms with Gasteiger partial charge in [-0.05, 0) is 18.6 Å². The fourth-order valence-corrected chi connectivity index (χ4v) is 4.29. The van der Waals surface area contributed by atoms with Gasteiger partial charge in [0.2, 0.25) is 15.7 Å². The molecule has 2 heterocycles. The first kappa shape index (κ1) is 18.9. The normalized spacial score (nSPS) is 17.3. The number of hydrogen-bond acceptors (Lipinski definition) is 8. The SMILES string of the molecule is COc1ccc(S(=O)(=O)N2CCC(Oc3nccnc3C#N)C2)cc1OC. The smallest absolute Gasteiger partial charge is 0.251 e. The van der Waals surface area contributed by atoms with E-state index in [-0.39, 0.29) is 23.0 Å². The molecule has 10 heteroatoms. The molecule has 0 spiro atoms. The third kappa shape index (κ3) is 3.79. The average molecular weight is 390 g/mol. The average Bonchev–Trinajstić information content (AvgIpc) is 3.17. The molecule has 1 aromatic heterocycles. The van der Waals surface area contributed by atoms with Gasteiger partial charge in [0, 0.05) is 25.0 Å². The Morgan fingerprint density at radius 1 is 1.19 bits per heavy atom. The highest BCUT2D eigenvalue weighted by Crippen LogP contribution is 2.32. The molecular formula is C17H18N4O5S. The summed E-state index contributed by atoms with van der Waals surface area (Å²) in [5.41, 5.74) is 0.0682. The largest absolute Gasteiger partial charge is 0.493 e. The van der Waals surface area contributed by atoms with E-state index in [2.05, 4.69) is 9.97 Å². The minimum atomic E-state index is -3.72. The van der Waals surface area contributed by atoms with E-state index in [1.807, 2.05) is 6.07 Å². The lowest BCUT2D eigenvalue weighted by molar-refractivity contribution is 0.205. The van der Waals surface area contributed by atoms with Gasteiger partial charge >= 0.3 is 0 Å². The molecule has 1 aliphatic rings. The number of benzene rings is 1. The lowest BCUT2D eigenvalue weighted by atomic mass is 10.3. The quantitative estimate of drug-likeness (QED) is 0.723. The van der Waals surface area contributed by atoms with Gasteiger partial charge in [-0.1, -0.05) is 0 Å². The summed E-state index contributed by atoms with van der Waals surface area (Å²) < 4.78 is 43.2. The molecule has 27 heavy (non-hydrogen) atoms.